The zero-order chi connectivity index (χ0) is 11.4. The first-order chi connectivity index (χ1) is 7.74. The molecule has 3 heteroatoms. The molecule has 1 nitrogen and oxygen atoms in total. The zero-order valence-electron chi connectivity index (χ0n) is 8.40. The maximum atomic E-state index is 12.9. The van der Waals surface area contributed by atoms with Gasteiger partial charge in [-0.2, -0.15) is 0 Å². The predicted octanol–water partition coefficient (Wildman–Crippen LogP) is 3.72. The van der Waals surface area contributed by atoms with Gasteiger partial charge in [-0.3, -0.25) is 4.99 Å². The molecule has 0 aliphatic rings. The van der Waals surface area contributed by atoms with Gasteiger partial charge in [-0.25, -0.2) is 8.78 Å². The number of halogens is 2. The summed E-state index contributed by atoms with van der Waals surface area (Å²) in [7, 11) is 0. The summed E-state index contributed by atoms with van der Waals surface area (Å²) in [6, 6.07) is 12.5. The molecule has 2 aromatic rings. The Hall–Kier alpha value is -2.03. The summed E-state index contributed by atoms with van der Waals surface area (Å²) in [5.41, 5.74) is 1.15. The lowest BCUT2D eigenvalue weighted by atomic mass is 10.2. The maximum absolute atomic E-state index is 12.9. The van der Waals surface area contributed by atoms with Gasteiger partial charge in [0.2, 0.25) is 0 Å². The number of hydrogen-bond donors (Lipinski definition) is 0. The normalized spacial score (nSPS) is 10.9. The van der Waals surface area contributed by atoms with Crippen LogP contribution in [0.4, 0.5) is 14.5 Å². The third-order valence-corrected chi connectivity index (χ3v) is 2.00. The minimum atomic E-state index is -0.602. The Kier molecular flexibility index (Phi) is 3.05. The SMILES string of the molecule is Fc1cc(F)cc(/C=N/c2ccccc2)c1. The molecule has 2 rings (SSSR count). The summed E-state index contributed by atoms with van der Waals surface area (Å²) in [6.07, 6.45) is 1.43. The fourth-order valence-electron chi connectivity index (χ4n) is 1.31. The lowest BCUT2D eigenvalue weighted by molar-refractivity contribution is 0.583. The molecule has 0 heterocycles. The summed E-state index contributed by atoms with van der Waals surface area (Å²) in [6.45, 7) is 0. The van der Waals surface area contributed by atoms with Crippen molar-refractivity contribution in [3.05, 3.63) is 65.7 Å². The largest absolute Gasteiger partial charge is 0.256 e. The van der Waals surface area contributed by atoms with E-state index >= 15 is 0 Å². The highest BCUT2D eigenvalue weighted by Gasteiger charge is 1.97. The highest BCUT2D eigenvalue weighted by molar-refractivity contribution is 5.81. The molecule has 0 saturated carbocycles. The van der Waals surface area contributed by atoms with Gasteiger partial charge in [-0.05, 0) is 29.8 Å². The third-order valence-electron chi connectivity index (χ3n) is 2.00. The summed E-state index contributed by atoms with van der Waals surface area (Å²) < 4.78 is 25.7. The van der Waals surface area contributed by atoms with E-state index in [1.54, 1.807) is 0 Å². The Labute approximate surface area is 92.1 Å². The summed E-state index contributed by atoms with van der Waals surface area (Å²) >= 11 is 0. The van der Waals surface area contributed by atoms with Gasteiger partial charge in [0.15, 0.2) is 0 Å². The number of nitrogens with zero attached hydrogens (tertiary/aromatic N) is 1. The van der Waals surface area contributed by atoms with Crippen LogP contribution in [0.3, 0.4) is 0 Å². The van der Waals surface area contributed by atoms with Crippen LogP contribution in [0.2, 0.25) is 0 Å². The number of hydrogen-bond acceptors (Lipinski definition) is 1. The van der Waals surface area contributed by atoms with E-state index in [9.17, 15) is 8.78 Å². The molecular formula is C13H9F2N. The second-order valence-electron chi connectivity index (χ2n) is 3.30. The van der Waals surface area contributed by atoms with Gasteiger partial charge in [0.1, 0.15) is 11.6 Å². The lowest BCUT2D eigenvalue weighted by Gasteiger charge is -1.95. The van der Waals surface area contributed by atoms with E-state index in [4.69, 9.17) is 0 Å². The Morgan fingerprint density at radius 1 is 0.875 bits per heavy atom. The smallest absolute Gasteiger partial charge is 0.126 e. The molecule has 0 unspecified atom stereocenters. The number of rotatable bonds is 2. The van der Waals surface area contributed by atoms with Crippen molar-refractivity contribution < 1.29 is 8.78 Å². The zero-order valence-corrected chi connectivity index (χ0v) is 8.40. The molecule has 0 bridgehead atoms. The molecule has 80 valence electrons. The molecular weight excluding hydrogens is 208 g/mol. The second-order valence-corrected chi connectivity index (χ2v) is 3.30. The van der Waals surface area contributed by atoms with Gasteiger partial charge < -0.3 is 0 Å². The Morgan fingerprint density at radius 2 is 1.50 bits per heavy atom. The van der Waals surface area contributed by atoms with Crippen LogP contribution in [0.1, 0.15) is 5.56 Å². The topological polar surface area (TPSA) is 12.4 Å². The van der Waals surface area contributed by atoms with Crippen LogP contribution < -0.4 is 0 Å². The van der Waals surface area contributed by atoms with Crippen LogP contribution in [-0.4, -0.2) is 6.21 Å². The number of benzene rings is 2. The van der Waals surface area contributed by atoms with Gasteiger partial charge in [-0.15, -0.1) is 0 Å². The number of aliphatic imine (C=N–C) groups is 1. The molecule has 0 saturated heterocycles. The van der Waals surface area contributed by atoms with E-state index in [2.05, 4.69) is 4.99 Å². The molecule has 0 radical (unpaired) electrons. The molecule has 0 amide bonds. The van der Waals surface area contributed by atoms with Crippen LogP contribution in [0, 0.1) is 11.6 Å². The van der Waals surface area contributed by atoms with E-state index in [-0.39, 0.29) is 0 Å². The summed E-state index contributed by atoms with van der Waals surface area (Å²) in [4.78, 5) is 4.10. The van der Waals surface area contributed by atoms with E-state index in [0.717, 1.165) is 11.8 Å². The first-order valence-electron chi connectivity index (χ1n) is 4.79. The van der Waals surface area contributed by atoms with Gasteiger partial charge in [-0.1, -0.05) is 18.2 Å². The molecule has 0 fully saturated rings. The van der Waals surface area contributed by atoms with Gasteiger partial charge in [0.25, 0.3) is 0 Å². The van der Waals surface area contributed by atoms with Crippen LogP contribution >= 0.6 is 0 Å². The maximum Gasteiger partial charge on any atom is 0.126 e. The Morgan fingerprint density at radius 3 is 2.12 bits per heavy atom. The highest BCUT2D eigenvalue weighted by atomic mass is 19.1. The first-order valence-corrected chi connectivity index (χ1v) is 4.79. The second kappa shape index (κ2) is 4.66. The van der Waals surface area contributed by atoms with Gasteiger partial charge >= 0.3 is 0 Å². The van der Waals surface area contributed by atoms with Crippen LogP contribution in [-0.2, 0) is 0 Å². The average molecular weight is 217 g/mol. The molecule has 0 spiro atoms. The fourth-order valence-corrected chi connectivity index (χ4v) is 1.31. The molecule has 0 N–H and O–H groups in total. The van der Waals surface area contributed by atoms with Crippen molar-refractivity contribution in [3.63, 3.8) is 0 Å². The molecule has 0 aliphatic carbocycles. The molecule has 16 heavy (non-hydrogen) atoms. The third kappa shape index (κ3) is 2.73. The van der Waals surface area contributed by atoms with Crippen molar-refractivity contribution in [1.29, 1.82) is 0 Å². The van der Waals surface area contributed by atoms with Crippen molar-refractivity contribution in [3.8, 4) is 0 Å². The van der Waals surface area contributed by atoms with Crippen molar-refractivity contribution in [2.45, 2.75) is 0 Å². The number of para-hydroxylation sites is 1. The monoisotopic (exact) mass is 217 g/mol. The molecule has 0 atom stereocenters. The van der Waals surface area contributed by atoms with Crippen LogP contribution in [0.5, 0.6) is 0 Å². The van der Waals surface area contributed by atoms with Crippen molar-refractivity contribution in [2.24, 2.45) is 4.99 Å². The van der Waals surface area contributed by atoms with E-state index in [1.165, 1.54) is 18.3 Å². The highest BCUT2D eigenvalue weighted by Crippen LogP contribution is 2.11. The minimum absolute atomic E-state index is 0.404. The van der Waals surface area contributed by atoms with Gasteiger partial charge in [0, 0.05) is 12.3 Å². The average Bonchev–Trinajstić information content (AvgIpc) is 2.27. The predicted molar refractivity (Wildman–Crippen MR) is 60.1 cm³/mol. The molecule has 2 aromatic carbocycles. The minimum Gasteiger partial charge on any atom is -0.256 e. The van der Waals surface area contributed by atoms with Crippen molar-refractivity contribution in [1.82, 2.24) is 0 Å². The van der Waals surface area contributed by atoms with Crippen molar-refractivity contribution in [2.75, 3.05) is 0 Å². The van der Waals surface area contributed by atoms with Crippen LogP contribution in [0.15, 0.2) is 53.5 Å². The van der Waals surface area contributed by atoms with E-state index in [1.807, 2.05) is 30.3 Å². The molecule has 0 aromatic heterocycles. The van der Waals surface area contributed by atoms with Crippen LogP contribution in [0.25, 0.3) is 0 Å². The fraction of sp³-hybridized carbons (Fsp3) is 0. The quantitative estimate of drug-likeness (QED) is 0.680. The van der Waals surface area contributed by atoms with E-state index in [0.29, 0.717) is 5.56 Å². The standard InChI is InChI=1S/C13H9F2N/c14-11-6-10(7-12(15)8-11)9-16-13-4-2-1-3-5-13/h1-9H/b16-9+. The Bertz CT molecular complexity index is 486. The Balaban J connectivity index is 2.24. The molecule has 0 aliphatic heterocycles. The first kappa shape index (κ1) is 10.5. The van der Waals surface area contributed by atoms with Crippen molar-refractivity contribution >= 4 is 11.9 Å². The lowest BCUT2D eigenvalue weighted by Crippen LogP contribution is -1.86. The summed E-state index contributed by atoms with van der Waals surface area (Å²) in [5.74, 6) is -1.20. The van der Waals surface area contributed by atoms with Gasteiger partial charge in [0.05, 0.1) is 5.69 Å². The summed E-state index contributed by atoms with van der Waals surface area (Å²) in [5, 5.41) is 0. The van der Waals surface area contributed by atoms with E-state index < -0.39 is 11.6 Å².